The fourth-order valence-electron chi connectivity index (χ4n) is 4.32. The number of amides is 2. The Hall–Kier alpha value is -4.15. The van der Waals surface area contributed by atoms with Crippen LogP contribution in [-0.4, -0.2) is 62.3 Å². The molecule has 0 saturated carbocycles. The van der Waals surface area contributed by atoms with Gasteiger partial charge in [-0.25, -0.2) is 19.6 Å². The number of carboxylic acid groups (broad SMARTS) is 1. The van der Waals surface area contributed by atoms with Gasteiger partial charge in [-0.1, -0.05) is 30.3 Å². The van der Waals surface area contributed by atoms with E-state index in [1.54, 1.807) is 57.3 Å². The molecule has 0 spiro atoms. The van der Waals surface area contributed by atoms with E-state index >= 15 is 0 Å². The van der Waals surface area contributed by atoms with Crippen LogP contribution in [0.4, 0.5) is 10.6 Å². The van der Waals surface area contributed by atoms with Gasteiger partial charge in [-0.05, 0) is 45.2 Å². The highest BCUT2D eigenvalue weighted by atomic mass is 16.6. The molecular formula is C25H30N6O5. The molecular weight excluding hydrogens is 464 g/mol. The molecule has 0 unspecified atom stereocenters. The molecule has 4 N–H and O–H groups in total. The first-order chi connectivity index (χ1) is 17.1. The van der Waals surface area contributed by atoms with Crippen LogP contribution in [0.1, 0.15) is 45.2 Å². The predicted molar refractivity (Wildman–Crippen MR) is 132 cm³/mol. The number of ether oxygens (including phenoxy) is 1. The van der Waals surface area contributed by atoms with E-state index in [-0.39, 0.29) is 12.8 Å². The van der Waals surface area contributed by atoms with Gasteiger partial charge in [0.15, 0.2) is 6.04 Å². The van der Waals surface area contributed by atoms with E-state index in [0.29, 0.717) is 24.3 Å². The van der Waals surface area contributed by atoms with E-state index in [0.717, 1.165) is 11.2 Å². The second kappa shape index (κ2) is 9.84. The number of H-pyrrole nitrogens is 1. The van der Waals surface area contributed by atoms with E-state index in [1.165, 1.54) is 6.33 Å². The molecule has 190 valence electrons. The van der Waals surface area contributed by atoms with Gasteiger partial charge in [0.25, 0.3) is 0 Å². The average molecular weight is 495 g/mol. The summed E-state index contributed by atoms with van der Waals surface area (Å²) in [6.07, 6.45) is 2.95. The number of anilines is 1. The monoisotopic (exact) mass is 494 g/mol. The molecule has 11 heteroatoms. The maximum absolute atomic E-state index is 13.6. The van der Waals surface area contributed by atoms with Crippen molar-refractivity contribution < 1.29 is 24.2 Å². The number of nitrogens with zero attached hydrogens (tertiary/aromatic N) is 3. The Morgan fingerprint density at radius 1 is 1.11 bits per heavy atom. The fraction of sp³-hybridized carbons (Fsp3) is 0.400. The molecule has 11 nitrogen and oxygen atoms in total. The van der Waals surface area contributed by atoms with Gasteiger partial charge in [0.2, 0.25) is 5.91 Å². The molecule has 2 aromatic heterocycles. The number of rotatable bonds is 6. The first-order valence-electron chi connectivity index (χ1n) is 11.7. The quantitative estimate of drug-likeness (QED) is 0.409. The summed E-state index contributed by atoms with van der Waals surface area (Å²) in [7, 11) is 0. The van der Waals surface area contributed by atoms with E-state index < -0.39 is 35.2 Å². The Morgan fingerprint density at radius 2 is 1.81 bits per heavy atom. The van der Waals surface area contributed by atoms with Crippen molar-refractivity contribution in [3.05, 3.63) is 54.5 Å². The van der Waals surface area contributed by atoms with E-state index in [1.807, 2.05) is 11.0 Å². The fourth-order valence-corrected chi connectivity index (χ4v) is 4.32. The van der Waals surface area contributed by atoms with Gasteiger partial charge in [0.05, 0.1) is 5.39 Å². The second-order valence-electron chi connectivity index (χ2n) is 9.79. The number of carbonyl (C=O) groups is 3. The van der Waals surface area contributed by atoms with Crippen LogP contribution in [0.25, 0.3) is 11.0 Å². The lowest BCUT2D eigenvalue weighted by Crippen LogP contribution is -2.64. The third-order valence-corrected chi connectivity index (χ3v) is 6.08. The number of aromatic amines is 1. The maximum atomic E-state index is 13.6. The SMILES string of the molecule is CC(C)(C)OC(=O)NC1(C(=O)N[C@H](C(=O)O)c2ccccc2)CCN(c2ncnc3[nH]ccc23)CC1. The third kappa shape index (κ3) is 5.40. The Morgan fingerprint density at radius 3 is 2.44 bits per heavy atom. The van der Waals surface area contributed by atoms with Crippen LogP contribution < -0.4 is 15.5 Å². The number of carbonyl (C=O) groups excluding carboxylic acids is 2. The van der Waals surface area contributed by atoms with Crippen molar-refractivity contribution in [2.75, 3.05) is 18.0 Å². The number of piperidine rings is 1. The van der Waals surface area contributed by atoms with Crippen LogP contribution in [0, 0.1) is 0 Å². The van der Waals surface area contributed by atoms with Crippen LogP contribution in [0.15, 0.2) is 48.9 Å². The molecule has 1 aliphatic heterocycles. The Kier molecular flexibility index (Phi) is 6.82. The van der Waals surface area contributed by atoms with Gasteiger partial charge < -0.3 is 30.4 Å². The summed E-state index contributed by atoms with van der Waals surface area (Å²) in [5.74, 6) is -1.06. The summed E-state index contributed by atoms with van der Waals surface area (Å²) in [5.41, 5.74) is -1.00. The molecule has 3 heterocycles. The number of hydrogen-bond donors (Lipinski definition) is 4. The normalized spacial score (nSPS) is 16.2. The molecule has 1 fully saturated rings. The first-order valence-corrected chi connectivity index (χ1v) is 11.7. The standard InChI is InChI=1S/C25H30N6O5/c1-24(2,3)36-23(35)30-25(22(34)29-18(21(32)33)16-7-5-4-6-8-16)10-13-31(14-11-25)20-17-9-12-26-19(17)27-15-28-20/h4-9,12,15,18H,10-11,13-14H2,1-3H3,(H,29,34)(H,30,35)(H,32,33)(H,26,27,28)/t18-/m0/s1. The van der Waals surface area contributed by atoms with Crippen molar-refractivity contribution in [1.82, 2.24) is 25.6 Å². The molecule has 1 aromatic carbocycles. The Labute approximate surface area is 208 Å². The van der Waals surface area contributed by atoms with Crippen LogP contribution in [0.5, 0.6) is 0 Å². The molecule has 0 aliphatic carbocycles. The number of fused-ring (bicyclic) bond motifs is 1. The minimum Gasteiger partial charge on any atom is -0.479 e. The summed E-state index contributed by atoms with van der Waals surface area (Å²) in [6, 6.07) is 9.05. The topological polar surface area (TPSA) is 150 Å². The maximum Gasteiger partial charge on any atom is 0.408 e. The van der Waals surface area contributed by atoms with Crippen molar-refractivity contribution in [1.29, 1.82) is 0 Å². The lowest BCUT2D eigenvalue weighted by molar-refractivity contribution is -0.143. The molecule has 1 aliphatic rings. The number of aliphatic carboxylic acids is 1. The van der Waals surface area contributed by atoms with Crippen molar-refractivity contribution in [3.8, 4) is 0 Å². The van der Waals surface area contributed by atoms with E-state index in [9.17, 15) is 19.5 Å². The molecule has 1 atom stereocenters. The molecule has 0 bridgehead atoms. The van der Waals surface area contributed by atoms with Crippen LogP contribution in [0.2, 0.25) is 0 Å². The third-order valence-electron chi connectivity index (χ3n) is 6.08. The predicted octanol–water partition coefficient (Wildman–Crippen LogP) is 2.76. The molecule has 2 amide bonds. The summed E-state index contributed by atoms with van der Waals surface area (Å²) in [4.78, 5) is 52.1. The Balaban J connectivity index is 1.58. The van der Waals surface area contributed by atoms with E-state index in [2.05, 4.69) is 25.6 Å². The minimum absolute atomic E-state index is 0.217. The average Bonchev–Trinajstić information content (AvgIpc) is 3.31. The van der Waals surface area contributed by atoms with E-state index in [4.69, 9.17) is 4.74 Å². The summed E-state index contributed by atoms with van der Waals surface area (Å²) in [5, 5.41) is 16.1. The van der Waals surface area contributed by atoms with Crippen LogP contribution >= 0.6 is 0 Å². The molecule has 3 aromatic rings. The highest BCUT2D eigenvalue weighted by molar-refractivity contribution is 5.94. The highest BCUT2D eigenvalue weighted by Crippen LogP contribution is 2.30. The second-order valence-corrected chi connectivity index (χ2v) is 9.79. The largest absolute Gasteiger partial charge is 0.479 e. The van der Waals surface area contributed by atoms with Crippen LogP contribution in [0.3, 0.4) is 0 Å². The van der Waals surface area contributed by atoms with Crippen molar-refractivity contribution >= 4 is 34.8 Å². The number of alkyl carbamates (subject to hydrolysis) is 1. The zero-order chi connectivity index (χ0) is 25.9. The Bertz CT molecular complexity index is 1240. The zero-order valence-electron chi connectivity index (χ0n) is 20.4. The summed E-state index contributed by atoms with van der Waals surface area (Å²) >= 11 is 0. The van der Waals surface area contributed by atoms with Crippen molar-refractivity contribution in [3.63, 3.8) is 0 Å². The van der Waals surface area contributed by atoms with Crippen molar-refractivity contribution in [2.45, 2.75) is 50.8 Å². The van der Waals surface area contributed by atoms with Gasteiger partial charge in [0.1, 0.15) is 28.9 Å². The number of hydrogen-bond acceptors (Lipinski definition) is 7. The van der Waals surface area contributed by atoms with Gasteiger partial charge in [-0.15, -0.1) is 0 Å². The lowest BCUT2D eigenvalue weighted by Gasteiger charge is -2.42. The first kappa shape index (κ1) is 25.0. The van der Waals surface area contributed by atoms with Gasteiger partial charge in [0, 0.05) is 19.3 Å². The number of carboxylic acids is 1. The van der Waals surface area contributed by atoms with Crippen molar-refractivity contribution in [2.24, 2.45) is 0 Å². The highest BCUT2D eigenvalue weighted by Gasteiger charge is 2.45. The molecule has 36 heavy (non-hydrogen) atoms. The molecule has 4 rings (SSSR count). The van der Waals surface area contributed by atoms with Crippen LogP contribution in [-0.2, 0) is 14.3 Å². The molecule has 1 saturated heterocycles. The number of benzene rings is 1. The zero-order valence-corrected chi connectivity index (χ0v) is 20.4. The van der Waals surface area contributed by atoms with Gasteiger partial charge >= 0.3 is 12.1 Å². The lowest BCUT2D eigenvalue weighted by atomic mass is 9.85. The number of nitrogens with one attached hydrogen (secondary N) is 3. The smallest absolute Gasteiger partial charge is 0.408 e. The van der Waals surface area contributed by atoms with Gasteiger partial charge in [-0.2, -0.15) is 0 Å². The number of aromatic nitrogens is 3. The summed E-state index contributed by atoms with van der Waals surface area (Å²) in [6.45, 7) is 5.98. The summed E-state index contributed by atoms with van der Waals surface area (Å²) < 4.78 is 5.43. The minimum atomic E-state index is -1.37. The molecule has 0 radical (unpaired) electrons. The van der Waals surface area contributed by atoms with Gasteiger partial charge in [-0.3, -0.25) is 4.79 Å².